The van der Waals surface area contributed by atoms with Gasteiger partial charge in [0.05, 0.1) is 5.52 Å². The first-order chi connectivity index (χ1) is 10.4. The molecule has 0 unspecified atom stereocenters. The highest BCUT2D eigenvalue weighted by Gasteiger charge is 2.08. The van der Waals surface area contributed by atoms with E-state index in [0.29, 0.717) is 0 Å². The normalized spacial score (nSPS) is 12.3. The molecule has 0 atom stereocenters. The minimum Gasteiger partial charge on any atom is -0.217 e. The molecule has 3 rings (SSSR count). The summed E-state index contributed by atoms with van der Waals surface area (Å²) in [6.07, 6.45) is 6.96. The van der Waals surface area contributed by atoms with Crippen LogP contribution in [-0.4, -0.2) is 15.0 Å². The summed E-state index contributed by atoms with van der Waals surface area (Å²) in [6.45, 7) is 2.01. The molecule has 0 saturated carbocycles. The predicted molar refractivity (Wildman–Crippen MR) is 86.8 cm³/mol. The van der Waals surface area contributed by atoms with E-state index in [1.165, 1.54) is 5.56 Å². The molecule has 1 aromatic heterocycles. The third-order valence-corrected chi connectivity index (χ3v) is 3.33. The van der Waals surface area contributed by atoms with E-state index in [-0.39, 0.29) is 0 Å². The quantitative estimate of drug-likeness (QED) is 0.671. The molecule has 0 aliphatic rings. The number of hydrogen-bond donors (Lipinski definition) is 0. The highest BCUT2D eigenvalue weighted by atomic mass is 15.4. The predicted octanol–water partition coefficient (Wildman–Crippen LogP) is 4.09. The summed E-state index contributed by atoms with van der Waals surface area (Å²) in [4.78, 5) is 0. The zero-order valence-corrected chi connectivity index (χ0v) is 12.0. The van der Waals surface area contributed by atoms with E-state index < -0.39 is 0 Å². The van der Waals surface area contributed by atoms with Gasteiger partial charge >= 0.3 is 0 Å². The Balaban J connectivity index is 2.04. The monoisotopic (exact) mass is 275 g/mol. The second-order valence-electron chi connectivity index (χ2n) is 4.84. The number of aromatic nitrogens is 3. The number of nitrogens with zero attached hydrogens (tertiary/aromatic N) is 3. The van der Waals surface area contributed by atoms with Crippen LogP contribution in [0, 0.1) is 0 Å². The lowest BCUT2D eigenvalue weighted by Gasteiger charge is -2.08. The first kappa shape index (κ1) is 13.3. The molecule has 0 fully saturated rings. The maximum Gasteiger partial charge on any atom is 0.113 e. The summed E-state index contributed by atoms with van der Waals surface area (Å²) in [7, 11) is 0. The van der Waals surface area contributed by atoms with Crippen LogP contribution < -0.4 is 0 Å². The minimum absolute atomic E-state index is 0.818. The molecule has 104 valence electrons. The summed E-state index contributed by atoms with van der Waals surface area (Å²) in [5, 5.41) is 8.55. The first-order valence-corrected chi connectivity index (χ1v) is 7.05. The third kappa shape index (κ3) is 2.92. The van der Waals surface area contributed by atoms with Crippen molar-refractivity contribution in [3.8, 4) is 0 Å². The third-order valence-electron chi connectivity index (χ3n) is 3.33. The van der Waals surface area contributed by atoms with E-state index in [9.17, 15) is 0 Å². The Bertz CT molecular complexity index is 782. The van der Waals surface area contributed by atoms with Crippen molar-refractivity contribution in [1.29, 1.82) is 0 Å². The smallest absolute Gasteiger partial charge is 0.113 e. The fourth-order valence-electron chi connectivity index (χ4n) is 2.30. The molecule has 0 spiro atoms. The Morgan fingerprint density at radius 2 is 1.81 bits per heavy atom. The van der Waals surface area contributed by atoms with Gasteiger partial charge in [0.2, 0.25) is 0 Å². The molecule has 0 N–H and O–H groups in total. The van der Waals surface area contributed by atoms with Gasteiger partial charge in [0.15, 0.2) is 0 Å². The van der Waals surface area contributed by atoms with Gasteiger partial charge in [-0.3, -0.25) is 0 Å². The van der Waals surface area contributed by atoms with Crippen LogP contribution in [0.3, 0.4) is 0 Å². The van der Waals surface area contributed by atoms with E-state index in [2.05, 4.69) is 40.7 Å². The summed E-state index contributed by atoms with van der Waals surface area (Å²) >= 11 is 0. The van der Waals surface area contributed by atoms with Gasteiger partial charge in [0.1, 0.15) is 5.52 Å². The second-order valence-corrected chi connectivity index (χ2v) is 4.84. The number of fused-ring (bicyclic) bond motifs is 1. The Kier molecular flexibility index (Phi) is 3.92. The lowest BCUT2D eigenvalue weighted by molar-refractivity contribution is 0.821. The SMILES string of the molecule is CC=CC=C(Cc1ccccc1)n1nnc2ccccc21. The Morgan fingerprint density at radius 3 is 2.62 bits per heavy atom. The Labute approximate surface area is 124 Å². The van der Waals surface area contributed by atoms with Crippen molar-refractivity contribution in [2.24, 2.45) is 0 Å². The molecule has 3 heteroatoms. The average Bonchev–Trinajstić information content (AvgIpc) is 2.96. The molecular weight excluding hydrogens is 258 g/mol. The van der Waals surface area contributed by atoms with Crippen LogP contribution in [-0.2, 0) is 6.42 Å². The zero-order chi connectivity index (χ0) is 14.5. The Hall–Kier alpha value is -2.68. The van der Waals surface area contributed by atoms with Gasteiger partial charge in [-0.15, -0.1) is 5.10 Å². The van der Waals surface area contributed by atoms with Crippen LogP contribution >= 0.6 is 0 Å². The van der Waals surface area contributed by atoms with Gasteiger partial charge in [-0.25, -0.2) is 4.68 Å². The number of allylic oxidation sites excluding steroid dienone is 4. The van der Waals surface area contributed by atoms with E-state index in [0.717, 1.165) is 23.2 Å². The van der Waals surface area contributed by atoms with Gasteiger partial charge < -0.3 is 0 Å². The van der Waals surface area contributed by atoms with E-state index in [4.69, 9.17) is 0 Å². The van der Waals surface area contributed by atoms with E-state index in [1.54, 1.807) is 0 Å². The van der Waals surface area contributed by atoms with Gasteiger partial charge in [-0.1, -0.05) is 59.8 Å². The number of hydrogen-bond acceptors (Lipinski definition) is 2. The zero-order valence-electron chi connectivity index (χ0n) is 12.0. The maximum absolute atomic E-state index is 4.31. The van der Waals surface area contributed by atoms with Crippen molar-refractivity contribution in [1.82, 2.24) is 15.0 Å². The number of benzene rings is 2. The molecular formula is C18H17N3. The van der Waals surface area contributed by atoms with Crippen LogP contribution in [0.25, 0.3) is 16.7 Å². The van der Waals surface area contributed by atoms with Crippen LogP contribution in [0.1, 0.15) is 12.5 Å². The topological polar surface area (TPSA) is 30.7 Å². The van der Waals surface area contributed by atoms with Crippen molar-refractivity contribution in [2.45, 2.75) is 13.3 Å². The molecule has 0 bridgehead atoms. The van der Waals surface area contributed by atoms with Crippen molar-refractivity contribution in [2.75, 3.05) is 0 Å². The second kappa shape index (κ2) is 6.18. The van der Waals surface area contributed by atoms with E-state index >= 15 is 0 Å². The number of rotatable bonds is 4. The largest absolute Gasteiger partial charge is 0.217 e. The van der Waals surface area contributed by atoms with Crippen LogP contribution in [0.4, 0.5) is 0 Å². The van der Waals surface area contributed by atoms with Gasteiger partial charge in [0, 0.05) is 12.1 Å². The fourth-order valence-corrected chi connectivity index (χ4v) is 2.30. The highest BCUT2D eigenvalue weighted by Crippen LogP contribution is 2.18. The standard InChI is InChI=1S/C18H17N3/c1-2-3-11-16(14-15-9-5-4-6-10-15)21-18-13-8-7-12-17(18)19-20-21/h2-13H,14H2,1H3. The molecule has 2 aromatic carbocycles. The van der Waals surface area contributed by atoms with Crippen LogP contribution in [0.5, 0.6) is 0 Å². The Morgan fingerprint density at radius 1 is 1.05 bits per heavy atom. The minimum atomic E-state index is 0.818. The van der Waals surface area contributed by atoms with Crippen molar-refractivity contribution in [3.63, 3.8) is 0 Å². The van der Waals surface area contributed by atoms with Crippen LogP contribution in [0.15, 0.2) is 72.8 Å². The molecule has 0 amide bonds. The number of para-hydroxylation sites is 1. The summed E-state index contributed by atoms with van der Waals surface area (Å²) < 4.78 is 1.92. The highest BCUT2D eigenvalue weighted by molar-refractivity contribution is 5.78. The first-order valence-electron chi connectivity index (χ1n) is 7.05. The maximum atomic E-state index is 4.31. The molecule has 21 heavy (non-hydrogen) atoms. The molecule has 3 nitrogen and oxygen atoms in total. The summed E-state index contributed by atoms with van der Waals surface area (Å²) in [5.41, 5.74) is 4.31. The lowest BCUT2D eigenvalue weighted by Crippen LogP contribution is -2.02. The van der Waals surface area contributed by atoms with Crippen molar-refractivity contribution in [3.05, 3.63) is 78.4 Å². The molecule has 0 radical (unpaired) electrons. The van der Waals surface area contributed by atoms with Crippen LogP contribution in [0.2, 0.25) is 0 Å². The summed E-state index contributed by atoms with van der Waals surface area (Å²) in [5.74, 6) is 0. The summed E-state index contributed by atoms with van der Waals surface area (Å²) in [6, 6.07) is 18.4. The van der Waals surface area contributed by atoms with Gasteiger partial charge in [-0.2, -0.15) is 0 Å². The van der Waals surface area contributed by atoms with E-state index in [1.807, 2.05) is 54.1 Å². The van der Waals surface area contributed by atoms with Crippen molar-refractivity contribution >= 4 is 16.7 Å². The molecule has 3 aromatic rings. The van der Waals surface area contributed by atoms with Gasteiger partial charge in [-0.05, 0) is 30.7 Å². The molecule has 1 heterocycles. The molecule has 0 aliphatic heterocycles. The average molecular weight is 275 g/mol. The fraction of sp³-hybridized carbons (Fsp3) is 0.111. The lowest BCUT2D eigenvalue weighted by atomic mass is 10.1. The van der Waals surface area contributed by atoms with Crippen molar-refractivity contribution < 1.29 is 0 Å². The molecule has 0 saturated heterocycles. The van der Waals surface area contributed by atoms with Gasteiger partial charge in [0.25, 0.3) is 0 Å². The molecule has 0 aliphatic carbocycles.